The van der Waals surface area contributed by atoms with Crippen molar-refractivity contribution >= 4 is 17.7 Å². The number of carbonyl (C=O) groups is 1. The quantitative estimate of drug-likeness (QED) is 0.450. The highest BCUT2D eigenvalue weighted by molar-refractivity contribution is 7.99. The summed E-state index contributed by atoms with van der Waals surface area (Å²) in [7, 11) is 1.54. The molecule has 1 amide bonds. The molecule has 2 aromatic carbocycles. The highest BCUT2D eigenvalue weighted by atomic mass is 32.2. The van der Waals surface area contributed by atoms with Gasteiger partial charge in [-0.05, 0) is 37.0 Å². The van der Waals surface area contributed by atoms with Crippen LogP contribution in [0.2, 0.25) is 0 Å². The largest absolute Gasteiger partial charge is 0.493 e. The van der Waals surface area contributed by atoms with Crippen LogP contribution >= 0.6 is 11.8 Å². The average molecular weight is 466 g/mol. The van der Waals surface area contributed by atoms with Crippen molar-refractivity contribution in [1.82, 2.24) is 14.5 Å². The van der Waals surface area contributed by atoms with E-state index in [2.05, 4.69) is 17.1 Å². The number of amides is 1. The number of ether oxygens (including phenoxy) is 2. The summed E-state index contributed by atoms with van der Waals surface area (Å²) in [5, 5.41) is 0.448. The number of hydrogen-bond acceptors (Lipinski definition) is 6. The molecule has 33 heavy (non-hydrogen) atoms. The second kappa shape index (κ2) is 11.0. The fourth-order valence-corrected chi connectivity index (χ4v) is 4.62. The van der Waals surface area contributed by atoms with Gasteiger partial charge in [0.25, 0.3) is 11.5 Å². The average Bonchev–Trinajstić information content (AvgIpc) is 3.39. The van der Waals surface area contributed by atoms with Crippen LogP contribution in [0.5, 0.6) is 11.5 Å². The highest BCUT2D eigenvalue weighted by Gasteiger charge is 2.19. The van der Waals surface area contributed by atoms with Crippen molar-refractivity contribution in [2.75, 3.05) is 32.6 Å². The third kappa shape index (κ3) is 5.76. The van der Waals surface area contributed by atoms with Gasteiger partial charge in [0.2, 0.25) is 0 Å². The van der Waals surface area contributed by atoms with Gasteiger partial charge in [0.1, 0.15) is 0 Å². The molecule has 0 N–H and O–H groups in total. The number of rotatable bonds is 9. The van der Waals surface area contributed by atoms with E-state index in [4.69, 9.17) is 9.47 Å². The lowest BCUT2D eigenvalue weighted by atomic mass is 10.2. The van der Waals surface area contributed by atoms with Gasteiger partial charge >= 0.3 is 0 Å². The molecule has 1 aliphatic rings. The molecule has 1 saturated heterocycles. The summed E-state index contributed by atoms with van der Waals surface area (Å²) in [6.45, 7) is 1.54. The molecule has 2 heterocycles. The summed E-state index contributed by atoms with van der Waals surface area (Å²) in [5.41, 5.74) is 1.68. The number of hydrogen-bond donors (Lipinski definition) is 0. The van der Waals surface area contributed by atoms with E-state index >= 15 is 0 Å². The zero-order valence-corrected chi connectivity index (χ0v) is 19.4. The molecular formula is C25H27N3O4S. The smallest absolute Gasteiger partial charge is 0.287 e. The van der Waals surface area contributed by atoms with E-state index < -0.39 is 0 Å². The Morgan fingerprint density at radius 3 is 2.64 bits per heavy atom. The Morgan fingerprint density at radius 1 is 1.09 bits per heavy atom. The van der Waals surface area contributed by atoms with Crippen LogP contribution in [0, 0.1) is 0 Å². The normalized spacial score (nSPS) is 13.2. The SMILES string of the molecule is COc1cc(-n2ccnc(SCCc3ccccc3)c2=O)ccc1OCC(=O)N1CCCC1. The van der Waals surface area contributed by atoms with Crippen LogP contribution in [-0.4, -0.2) is 52.9 Å². The Labute approximate surface area is 197 Å². The Hall–Kier alpha value is -3.26. The highest BCUT2D eigenvalue weighted by Crippen LogP contribution is 2.29. The van der Waals surface area contributed by atoms with Gasteiger partial charge in [-0.3, -0.25) is 14.2 Å². The number of thioether (sulfide) groups is 1. The lowest BCUT2D eigenvalue weighted by Gasteiger charge is -2.17. The number of nitrogens with zero attached hydrogens (tertiary/aromatic N) is 3. The van der Waals surface area contributed by atoms with Crippen molar-refractivity contribution in [1.29, 1.82) is 0 Å². The number of carbonyl (C=O) groups excluding carboxylic acids is 1. The molecule has 0 saturated carbocycles. The third-order valence-electron chi connectivity index (χ3n) is 5.52. The minimum Gasteiger partial charge on any atom is -0.493 e. The molecule has 0 unspecified atom stereocenters. The van der Waals surface area contributed by atoms with Crippen molar-refractivity contribution in [3.8, 4) is 17.2 Å². The number of methoxy groups -OCH3 is 1. The van der Waals surface area contributed by atoms with E-state index in [9.17, 15) is 9.59 Å². The van der Waals surface area contributed by atoms with Crippen molar-refractivity contribution < 1.29 is 14.3 Å². The maximum absolute atomic E-state index is 13.0. The Balaban J connectivity index is 1.45. The summed E-state index contributed by atoms with van der Waals surface area (Å²) >= 11 is 1.44. The molecule has 0 bridgehead atoms. The van der Waals surface area contributed by atoms with E-state index in [1.54, 1.807) is 35.2 Å². The van der Waals surface area contributed by atoms with Gasteiger partial charge in [-0.1, -0.05) is 30.3 Å². The number of benzene rings is 2. The van der Waals surface area contributed by atoms with Gasteiger partial charge in [0.15, 0.2) is 23.1 Å². The molecule has 7 nitrogen and oxygen atoms in total. The van der Waals surface area contributed by atoms with Crippen molar-refractivity contribution in [3.63, 3.8) is 0 Å². The summed E-state index contributed by atoms with van der Waals surface area (Å²) in [5.74, 6) is 1.66. The second-order valence-electron chi connectivity index (χ2n) is 7.70. The molecule has 1 aliphatic heterocycles. The number of aromatic nitrogens is 2. The molecule has 0 atom stereocenters. The predicted molar refractivity (Wildman–Crippen MR) is 129 cm³/mol. The number of aryl methyl sites for hydroxylation is 1. The van der Waals surface area contributed by atoms with Crippen LogP contribution in [-0.2, 0) is 11.2 Å². The standard InChI is InChI=1S/C25H27N3O4S/c1-31-22-17-20(9-10-21(22)32-18-23(29)27-13-5-6-14-27)28-15-12-26-24(25(28)30)33-16-11-19-7-3-2-4-8-19/h2-4,7-10,12,15,17H,5-6,11,13-14,16,18H2,1H3. The fourth-order valence-electron chi connectivity index (χ4n) is 3.73. The van der Waals surface area contributed by atoms with Gasteiger partial charge < -0.3 is 14.4 Å². The van der Waals surface area contributed by atoms with Gasteiger partial charge in [0, 0.05) is 37.3 Å². The predicted octanol–water partition coefficient (Wildman–Crippen LogP) is 3.58. The minimum absolute atomic E-state index is 0.0267. The van der Waals surface area contributed by atoms with Crippen LogP contribution in [0.15, 0.2) is 70.7 Å². The van der Waals surface area contributed by atoms with Crippen LogP contribution in [0.25, 0.3) is 5.69 Å². The summed E-state index contributed by atoms with van der Waals surface area (Å²) in [4.78, 5) is 31.4. The molecule has 3 aromatic rings. The van der Waals surface area contributed by atoms with Gasteiger partial charge in [-0.25, -0.2) is 4.98 Å². The number of likely N-dealkylation sites (tertiary alicyclic amines) is 1. The lowest BCUT2D eigenvalue weighted by molar-refractivity contribution is -0.132. The molecule has 0 spiro atoms. The van der Waals surface area contributed by atoms with Gasteiger partial charge in [-0.2, -0.15) is 0 Å². The maximum atomic E-state index is 13.0. The van der Waals surface area contributed by atoms with E-state index in [-0.39, 0.29) is 18.1 Å². The third-order valence-corrected chi connectivity index (χ3v) is 6.48. The van der Waals surface area contributed by atoms with E-state index in [1.165, 1.54) is 24.4 Å². The van der Waals surface area contributed by atoms with Crippen molar-refractivity contribution in [2.24, 2.45) is 0 Å². The molecule has 8 heteroatoms. The van der Waals surface area contributed by atoms with Gasteiger partial charge in [0.05, 0.1) is 12.8 Å². The van der Waals surface area contributed by atoms with Crippen LogP contribution in [0.1, 0.15) is 18.4 Å². The van der Waals surface area contributed by atoms with Crippen LogP contribution < -0.4 is 15.0 Å². The minimum atomic E-state index is -0.185. The van der Waals surface area contributed by atoms with E-state index in [0.717, 1.165) is 38.1 Å². The van der Waals surface area contributed by atoms with Gasteiger partial charge in [-0.15, -0.1) is 11.8 Å². The molecular weight excluding hydrogens is 438 g/mol. The summed E-state index contributed by atoms with van der Waals surface area (Å²) < 4.78 is 12.7. The fraction of sp³-hybridized carbons (Fsp3) is 0.320. The van der Waals surface area contributed by atoms with Crippen molar-refractivity contribution in [3.05, 3.63) is 76.8 Å². The lowest BCUT2D eigenvalue weighted by Crippen LogP contribution is -2.32. The zero-order valence-electron chi connectivity index (χ0n) is 18.6. The Bertz CT molecular complexity index is 1140. The Morgan fingerprint density at radius 2 is 1.88 bits per heavy atom. The maximum Gasteiger partial charge on any atom is 0.287 e. The molecule has 1 fully saturated rings. The summed E-state index contributed by atoms with van der Waals surface area (Å²) in [6, 6.07) is 15.4. The topological polar surface area (TPSA) is 73.7 Å². The van der Waals surface area contributed by atoms with E-state index in [0.29, 0.717) is 22.2 Å². The monoisotopic (exact) mass is 465 g/mol. The molecule has 0 radical (unpaired) electrons. The molecule has 4 rings (SSSR count). The van der Waals surface area contributed by atoms with Crippen LogP contribution in [0.4, 0.5) is 0 Å². The molecule has 172 valence electrons. The zero-order chi connectivity index (χ0) is 23.0. The first-order chi connectivity index (χ1) is 16.2. The van der Waals surface area contributed by atoms with E-state index in [1.807, 2.05) is 23.1 Å². The second-order valence-corrected chi connectivity index (χ2v) is 8.79. The first-order valence-electron chi connectivity index (χ1n) is 11.0. The molecule has 0 aliphatic carbocycles. The summed E-state index contributed by atoms with van der Waals surface area (Å²) in [6.07, 6.45) is 6.19. The van der Waals surface area contributed by atoms with Crippen LogP contribution in [0.3, 0.4) is 0 Å². The Kier molecular flexibility index (Phi) is 7.67. The first kappa shape index (κ1) is 22.9. The first-order valence-corrected chi connectivity index (χ1v) is 12.0. The molecule has 1 aromatic heterocycles. The van der Waals surface area contributed by atoms with Crippen molar-refractivity contribution in [2.45, 2.75) is 24.3 Å².